The second kappa shape index (κ2) is 9.18. The molecule has 0 atom stereocenters. The standard InChI is InChI=1S/C23H28N4OS/c1-6-9-25-22(28)19-12-21(27(16(19)5)13-15(3)4)20-14-29-23(26-20)17-8-10-24-18(7-2)11-17/h6,8,10-12,14-15H,1,7,9,13H2,2-5H3,(H,25,28). The molecule has 0 aliphatic heterocycles. The van der Waals surface area contributed by atoms with Gasteiger partial charge >= 0.3 is 0 Å². The zero-order valence-corrected chi connectivity index (χ0v) is 18.3. The fraction of sp³-hybridized carbons (Fsp3) is 0.348. The SMILES string of the molecule is C=CCNC(=O)c1cc(-c2csc(-c3ccnc(CC)c3)n2)n(CC(C)C)c1C. The third-order valence-corrected chi connectivity index (χ3v) is 5.65. The first-order valence-electron chi connectivity index (χ1n) is 9.95. The van der Waals surface area contributed by atoms with Gasteiger partial charge in [-0.2, -0.15) is 0 Å². The smallest absolute Gasteiger partial charge is 0.253 e. The summed E-state index contributed by atoms with van der Waals surface area (Å²) >= 11 is 1.62. The van der Waals surface area contributed by atoms with Crippen molar-refractivity contribution in [1.29, 1.82) is 0 Å². The molecular weight excluding hydrogens is 380 g/mol. The minimum absolute atomic E-state index is 0.0802. The first kappa shape index (κ1) is 21.0. The quantitative estimate of drug-likeness (QED) is 0.527. The predicted molar refractivity (Wildman–Crippen MR) is 120 cm³/mol. The molecule has 0 saturated carbocycles. The van der Waals surface area contributed by atoms with Gasteiger partial charge in [-0.3, -0.25) is 9.78 Å². The van der Waals surface area contributed by atoms with E-state index in [9.17, 15) is 4.79 Å². The van der Waals surface area contributed by atoms with E-state index in [1.54, 1.807) is 17.4 Å². The molecule has 0 unspecified atom stereocenters. The fourth-order valence-electron chi connectivity index (χ4n) is 3.28. The number of aryl methyl sites for hydroxylation is 1. The molecule has 152 valence electrons. The van der Waals surface area contributed by atoms with Crippen molar-refractivity contribution in [3.8, 4) is 22.0 Å². The average Bonchev–Trinajstić information content (AvgIpc) is 3.32. The van der Waals surface area contributed by atoms with E-state index in [1.165, 1.54) is 0 Å². The Hall–Kier alpha value is -2.73. The number of pyridine rings is 1. The molecular formula is C23H28N4OS. The number of aromatic nitrogens is 3. The summed E-state index contributed by atoms with van der Waals surface area (Å²) in [7, 11) is 0. The molecule has 1 N–H and O–H groups in total. The van der Waals surface area contributed by atoms with Gasteiger partial charge in [0.2, 0.25) is 0 Å². The highest BCUT2D eigenvalue weighted by Crippen LogP contribution is 2.32. The summed E-state index contributed by atoms with van der Waals surface area (Å²) in [6.07, 6.45) is 4.42. The molecule has 3 aromatic heterocycles. The Morgan fingerprint density at radius 1 is 1.38 bits per heavy atom. The summed E-state index contributed by atoms with van der Waals surface area (Å²) in [5, 5.41) is 5.91. The number of hydrogen-bond donors (Lipinski definition) is 1. The van der Waals surface area contributed by atoms with Crippen LogP contribution in [0.2, 0.25) is 0 Å². The van der Waals surface area contributed by atoms with E-state index in [2.05, 4.69) is 53.7 Å². The van der Waals surface area contributed by atoms with E-state index in [0.29, 0.717) is 18.0 Å². The minimum atomic E-state index is -0.0802. The lowest BCUT2D eigenvalue weighted by molar-refractivity contribution is 0.0957. The van der Waals surface area contributed by atoms with Crippen LogP contribution in [0.4, 0.5) is 0 Å². The van der Waals surface area contributed by atoms with E-state index >= 15 is 0 Å². The number of rotatable bonds is 8. The van der Waals surface area contributed by atoms with E-state index < -0.39 is 0 Å². The number of carbonyl (C=O) groups is 1. The van der Waals surface area contributed by atoms with Gasteiger partial charge < -0.3 is 9.88 Å². The van der Waals surface area contributed by atoms with Gasteiger partial charge in [0.05, 0.1) is 17.0 Å². The van der Waals surface area contributed by atoms with Crippen LogP contribution in [0.25, 0.3) is 22.0 Å². The molecule has 3 rings (SSSR count). The van der Waals surface area contributed by atoms with Crippen LogP contribution in [0, 0.1) is 12.8 Å². The molecule has 0 spiro atoms. The fourth-order valence-corrected chi connectivity index (χ4v) is 4.09. The average molecular weight is 409 g/mol. The van der Waals surface area contributed by atoms with Crippen LogP contribution in [0.3, 0.4) is 0 Å². The summed E-state index contributed by atoms with van der Waals surface area (Å²) in [5.74, 6) is 0.373. The van der Waals surface area contributed by atoms with Crippen molar-refractivity contribution in [2.45, 2.75) is 40.7 Å². The van der Waals surface area contributed by atoms with Gasteiger partial charge in [-0.15, -0.1) is 17.9 Å². The van der Waals surface area contributed by atoms with Gasteiger partial charge in [0.25, 0.3) is 5.91 Å². The van der Waals surface area contributed by atoms with Crippen molar-refractivity contribution in [1.82, 2.24) is 19.9 Å². The molecule has 3 aromatic rings. The molecule has 0 fully saturated rings. The van der Waals surface area contributed by atoms with E-state index in [-0.39, 0.29) is 5.91 Å². The molecule has 29 heavy (non-hydrogen) atoms. The molecule has 0 radical (unpaired) electrons. The maximum Gasteiger partial charge on any atom is 0.253 e. The largest absolute Gasteiger partial charge is 0.349 e. The van der Waals surface area contributed by atoms with Gasteiger partial charge in [-0.1, -0.05) is 26.8 Å². The molecule has 0 saturated heterocycles. The van der Waals surface area contributed by atoms with E-state index in [4.69, 9.17) is 4.98 Å². The third-order valence-electron chi connectivity index (χ3n) is 4.76. The molecule has 3 heterocycles. The summed E-state index contributed by atoms with van der Waals surface area (Å²) in [5.41, 5.74) is 5.66. The Labute approximate surface area is 176 Å². The van der Waals surface area contributed by atoms with Gasteiger partial charge in [0, 0.05) is 41.6 Å². The van der Waals surface area contributed by atoms with Crippen LogP contribution >= 0.6 is 11.3 Å². The van der Waals surface area contributed by atoms with Crippen molar-refractivity contribution < 1.29 is 4.79 Å². The number of thiazole rings is 1. The number of nitrogens with zero attached hydrogens (tertiary/aromatic N) is 3. The topological polar surface area (TPSA) is 59.8 Å². The second-order valence-electron chi connectivity index (χ2n) is 7.46. The van der Waals surface area contributed by atoms with Crippen LogP contribution in [0.1, 0.15) is 42.5 Å². The highest BCUT2D eigenvalue weighted by Gasteiger charge is 2.20. The van der Waals surface area contributed by atoms with Crippen LogP contribution in [-0.4, -0.2) is 27.0 Å². The molecule has 6 heteroatoms. The molecule has 5 nitrogen and oxygen atoms in total. The van der Waals surface area contributed by atoms with E-state index in [0.717, 1.165) is 46.3 Å². The van der Waals surface area contributed by atoms with Gasteiger partial charge in [-0.05, 0) is 37.5 Å². The number of amides is 1. The summed E-state index contributed by atoms with van der Waals surface area (Å²) < 4.78 is 2.20. The molecule has 1 amide bonds. The number of carbonyl (C=O) groups excluding carboxylic acids is 1. The summed E-state index contributed by atoms with van der Waals surface area (Å²) in [4.78, 5) is 21.9. The van der Waals surface area contributed by atoms with Crippen molar-refractivity contribution >= 4 is 17.2 Å². The number of nitrogens with one attached hydrogen (secondary N) is 1. The maximum atomic E-state index is 12.6. The summed E-state index contributed by atoms with van der Waals surface area (Å²) in [6, 6.07) is 6.04. The minimum Gasteiger partial charge on any atom is -0.349 e. The molecule has 0 aromatic carbocycles. The highest BCUT2D eigenvalue weighted by atomic mass is 32.1. The molecule has 0 aliphatic rings. The Morgan fingerprint density at radius 3 is 2.86 bits per heavy atom. The Kier molecular flexibility index (Phi) is 6.64. The Bertz CT molecular complexity index is 1020. The zero-order chi connectivity index (χ0) is 21.0. The van der Waals surface area contributed by atoms with Crippen molar-refractivity contribution in [2.75, 3.05) is 6.54 Å². The lowest BCUT2D eigenvalue weighted by Crippen LogP contribution is -2.23. The normalized spacial score (nSPS) is 11.1. The Morgan fingerprint density at radius 2 is 2.17 bits per heavy atom. The van der Waals surface area contributed by atoms with Crippen LogP contribution < -0.4 is 5.32 Å². The third kappa shape index (κ3) is 4.65. The lowest BCUT2D eigenvalue weighted by Gasteiger charge is -2.13. The van der Waals surface area contributed by atoms with Crippen molar-refractivity contribution in [3.05, 3.63) is 59.4 Å². The monoisotopic (exact) mass is 408 g/mol. The molecule has 0 bridgehead atoms. The van der Waals surface area contributed by atoms with Gasteiger partial charge in [-0.25, -0.2) is 4.98 Å². The zero-order valence-electron chi connectivity index (χ0n) is 17.5. The van der Waals surface area contributed by atoms with Crippen LogP contribution in [0.15, 0.2) is 42.4 Å². The Balaban J connectivity index is 2.02. The van der Waals surface area contributed by atoms with Crippen molar-refractivity contribution in [2.24, 2.45) is 5.92 Å². The maximum absolute atomic E-state index is 12.6. The van der Waals surface area contributed by atoms with Crippen LogP contribution in [0.5, 0.6) is 0 Å². The van der Waals surface area contributed by atoms with Crippen molar-refractivity contribution in [3.63, 3.8) is 0 Å². The first-order chi connectivity index (χ1) is 13.9. The van der Waals surface area contributed by atoms with Crippen LogP contribution in [-0.2, 0) is 13.0 Å². The summed E-state index contributed by atoms with van der Waals surface area (Å²) in [6.45, 7) is 13.4. The van der Waals surface area contributed by atoms with Gasteiger partial charge in [0.1, 0.15) is 5.01 Å². The molecule has 0 aliphatic carbocycles. The van der Waals surface area contributed by atoms with E-state index in [1.807, 2.05) is 25.3 Å². The lowest BCUT2D eigenvalue weighted by atomic mass is 10.2. The first-order valence-corrected chi connectivity index (χ1v) is 10.8. The highest BCUT2D eigenvalue weighted by molar-refractivity contribution is 7.13. The number of hydrogen-bond acceptors (Lipinski definition) is 4. The second-order valence-corrected chi connectivity index (χ2v) is 8.32. The predicted octanol–water partition coefficient (Wildman–Crippen LogP) is 5.12. The van der Waals surface area contributed by atoms with Gasteiger partial charge in [0.15, 0.2) is 0 Å².